The molecule has 0 saturated carbocycles. The van der Waals surface area contributed by atoms with Crippen LogP contribution in [0.3, 0.4) is 0 Å². The number of benzene rings is 1. The minimum atomic E-state index is -0.598. The summed E-state index contributed by atoms with van der Waals surface area (Å²) >= 11 is 1.64. The van der Waals surface area contributed by atoms with E-state index < -0.39 is 5.97 Å². The van der Waals surface area contributed by atoms with Gasteiger partial charge in [-0.2, -0.15) is 0 Å². The van der Waals surface area contributed by atoms with Gasteiger partial charge in [0.1, 0.15) is 11.5 Å². The van der Waals surface area contributed by atoms with Crippen LogP contribution in [-0.4, -0.2) is 38.7 Å². The van der Waals surface area contributed by atoms with Crippen molar-refractivity contribution < 1.29 is 23.8 Å². The Balaban J connectivity index is 1.58. The monoisotopic (exact) mass is 349 g/mol. The fourth-order valence-corrected chi connectivity index (χ4v) is 2.54. The normalized spacial score (nSPS) is 10.0. The van der Waals surface area contributed by atoms with Crippen molar-refractivity contribution in [2.24, 2.45) is 0 Å². The van der Waals surface area contributed by atoms with Crippen LogP contribution >= 0.6 is 11.3 Å². The van der Waals surface area contributed by atoms with E-state index in [2.05, 4.69) is 5.32 Å². The van der Waals surface area contributed by atoms with Crippen LogP contribution in [0.2, 0.25) is 0 Å². The molecule has 0 radical (unpaired) electrons. The van der Waals surface area contributed by atoms with Gasteiger partial charge in [0.2, 0.25) is 0 Å². The maximum Gasteiger partial charge on any atom is 0.344 e. The summed E-state index contributed by atoms with van der Waals surface area (Å²) < 4.78 is 15.2. The molecule has 128 valence electrons. The molecule has 6 nitrogen and oxygen atoms in total. The van der Waals surface area contributed by atoms with Crippen molar-refractivity contribution in [2.75, 3.05) is 26.9 Å². The molecule has 1 N–H and O–H groups in total. The van der Waals surface area contributed by atoms with Gasteiger partial charge < -0.3 is 19.5 Å². The summed E-state index contributed by atoms with van der Waals surface area (Å²) in [6, 6.07) is 10.8. The lowest BCUT2D eigenvalue weighted by Gasteiger charge is -2.08. The third-order valence-corrected chi connectivity index (χ3v) is 3.99. The highest BCUT2D eigenvalue weighted by Crippen LogP contribution is 2.16. The summed E-state index contributed by atoms with van der Waals surface area (Å²) in [6.07, 6.45) is 0.762. The fourth-order valence-electron chi connectivity index (χ4n) is 1.83. The van der Waals surface area contributed by atoms with E-state index in [1.54, 1.807) is 42.7 Å². The summed E-state index contributed by atoms with van der Waals surface area (Å²) in [5.74, 6) is 0.292. The van der Waals surface area contributed by atoms with Crippen LogP contribution in [0.5, 0.6) is 11.5 Å². The zero-order chi connectivity index (χ0) is 17.2. The van der Waals surface area contributed by atoms with E-state index in [0.717, 1.165) is 6.42 Å². The molecule has 1 heterocycles. The number of amides is 1. The van der Waals surface area contributed by atoms with E-state index in [1.165, 1.54) is 4.88 Å². The number of hydrogen-bond acceptors (Lipinski definition) is 6. The molecule has 0 bridgehead atoms. The predicted octanol–water partition coefficient (Wildman–Crippen LogP) is 2.04. The average Bonchev–Trinajstić information content (AvgIpc) is 3.12. The number of methoxy groups -OCH3 is 1. The lowest BCUT2D eigenvalue weighted by atomic mass is 10.3. The van der Waals surface area contributed by atoms with E-state index in [1.807, 2.05) is 17.5 Å². The molecule has 1 amide bonds. The van der Waals surface area contributed by atoms with Gasteiger partial charge in [-0.15, -0.1) is 11.3 Å². The number of ether oxygens (including phenoxy) is 3. The van der Waals surface area contributed by atoms with Crippen molar-refractivity contribution in [3.05, 3.63) is 46.7 Å². The van der Waals surface area contributed by atoms with Gasteiger partial charge in [0, 0.05) is 11.4 Å². The van der Waals surface area contributed by atoms with Gasteiger partial charge in [-0.05, 0) is 42.1 Å². The molecule has 2 aromatic rings. The molecule has 0 fully saturated rings. The number of thiophene rings is 1. The average molecular weight is 349 g/mol. The standard InChI is InChI=1S/C17H19NO5S/c1-21-13-4-6-14(7-5-13)22-12-17(20)23-11-16(19)18-9-8-15-3-2-10-24-15/h2-7,10H,8-9,11-12H2,1H3,(H,18,19). The first-order chi connectivity index (χ1) is 11.7. The Morgan fingerprint density at radius 3 is 2.50 bits per heavy atom. The number of carbonyl (C=O) groups excluding carboxylic acids is 2. The molecular formula is C17H19NO5S. The zero-order valence-electron chi connectivity index (χ0n) is 13.3. The van der Waals surface area contributed by atoms with Crippen LogP contribution in [0.25, 0.3) is 0 Å². The summed E-state index contributed by atoms with van der Waals surface area (Å²) in [5, 5.41) is 4.69. The first-order valence-electron chi connectivity index (χ1n) is 7.39. The fraction of sp³-hybridized carbons (Fsp3) is 0.294. The minimum Gasteiger partial charge on any atom is -0.497 e. The van der Waals surface area contributed by atoms with Crippen molar-refractivity contribution in [3.8, 4) is 11.5 Å². The highest BCUT2D eigenvalue weighted by atomic mass is 32.1. The van der Waals surface area contributed by atoms with E-state index >= 15 is 0 Å². The predicted molar refractivity (Wildman–Crippen MR) is 90.5 cm³/mol. The maximum absolute atomic E-state index is 11.6. The van der Waals surface area contributed by atoms with Crippen molar-refractivity contribution in [1.29, 1.82) is 0 Å². The second-order valence-corrected chi connectivity index (χ2v) is 5.84. The Morgan fingerprint density at radius 1 is 1.08 bits per heavy atom. The third-order valence-electron chi connectivity index (χ3n) is 3.05. The summed E-state index contributed by atoms with van der Waals surface area (Å²) in [5.41, 5.74) is 0. The van der Waals surface area contributed by atoms with Gasteiger partial charge in [-0.1, -0.05) is 6.07 Å². The van der Waals surface area contributed by atoms with Crippen molar-refractivity contribution in [1.82, 2.24) is 5.32 Å². The minimum absolute atomic E-state index is 0.255. The second-order valence-electron chi connectivity index (χ2n) is 4.80. The SMILES string of the molecule is COc1ccc(OCC(=O)OCC(=O)NCCc2cccs2)cc1. The van der Waals surface area contributed by atoms with Crippen LogP contribution in [0, 0.1) is 0 Å². The number of nitrogens with one attached hydrogen (secondary N) is 1. The highest BCUT2D eigenvalue weighted by Gasteiger charge is 2.08. The topological polar surface area (TPSA) is 73.9 Å². The first-order valence-corrected chi connectivity index (χ1v) is 8.27. The zero-order valence-corrected chi connectivity index (χ0v) is 14.1. The number of hydrogen-bond donors (Lipinski definition) is 1. The summed E-state index contributed by atoms with van der Waals surface area (Å²) in [6.45, 7) is -0.0523. The largest absolute Gasteiger partial charge is 0.497 e. The van der Waals surface area contributed by atoms with Gasteiger partial charge >= 0.3 is 5.97 Å². The molecule has 0 aliphatic carbocycles. The first kappa shape index (κ1) is 17.8. The molecule has 0 saturated heterocycles. The molecule has 0 spiro atoms. The lowest BCUT2D eigenvalue weighted by molar-refractivity contribution is -0.150. The Kier molecular flexibility index (Phi) is 7.10. The van der Waals surface area contributed by atoms with Crippen LogP contribution in [0.1, 0.15) is 4.88 Å². The molecule has 0 atom stereocenters. The third kappa shape index (κ3) is 6.29. The van der Waals surface area contributed by atoms with Crippen LogP contribution < -0.4 is 14.8 Å². The molecule has 0 aliphatic rings. The maximum atomic E-state index is 11.6. The Labute approximate surface area is 144 Å². The summed E-state index contributed by atoms with van der Waals surface area (Å²) in [4.78, 5) is 24.3. The van der Waals surface area contributed by atoms with Crippen molar-refractivity contribution >= 4 is 23.2 Å². The molecule has 2 rings (SSSR count). The molecular weight excluding hydrogens is 330 g/mol. The van der Waals surface area contributed by atoms with Crippen molar-refractivity contribution in [2.45, 2.75) is 6.42 Å². The van der Waals surface area contributed by atoms with Crippen molar-refractivity contribution in [3.63, 3.8) is 0 Å². The molecule has 1 aromatic carbocycles. The van der Waals surface area contributed by atoms with E-state index in [9.17, 15) is 9.59 Å². The quantitative estimate of drug-likeness (QED) is 0.701. The molecule has 24 heavy (non-hydrogen) atoms. The van der Waals surface area contributed by atoms with Gasteiger partial charge in [-0.25, -0.2) is 4.79 Å². The summed E-state index contributed by atoms with van der Waals surface area (Å²) in [7, 11) is 1.57. The van der Waals surface area contributed by atoms with Gasteiger partial charge in [0.25, 0.3) is 5.91 Å². The van der Waals surface area contributed by atoms with Crippen LogP contribution in [0.15, 0.2) is 41.8 Å². The Hall–Kier alpha value is -2.54. The second kappa shape index (κ2) is 9.57. The number of carbonyl (C=O) groups is 2. The number of rotatable bonds is 9. The Bertz CT molecular complexity index is 640. The van der Waals surface area contributed by atoms with E-state index in [4.69, 9.17) is 14.2 Å². The molecule has 0 aliphatic heterocycles. The van der Waals surface area contributed by atoms with E-state index in [0.29, 0.717) is 18.0 Å². The smallest absolute Gasteiger partial charge is 0.344 e. The van der Waals surface area contributed by atoms with E-state index in [-0.39, 0.29) is 19.1 Å². The van der Waals surface area contributed by atoms with Gasteiger partial charge in [0.05, 0.1) is 7.11 Å². The van der Waals surface area contributed by atoms with Gasteiger partial charge in [-0.3, -0.25) is 4.79 Å². The van der Waals surface area contributed by atoms with Gasteiger partial charge in [0.15, 0.2) is 13.2 Å². The molecule has 7 heteroatoms. The lowest BCUT2D eigenvalue weighted by Crippen LogP contribution is -2.31. The molecule has 1 aromatic heterocycles. The Morgan fingerprint density at radius 2 is 1.83 bits per heavy atom. The molecule has 0 unspecified atom stereocenters. The number of esters is 1. The van der Waals surface area contributed by atoms with Crippen LogP contribution in [-0.2, 0) is 20.7 Å². The highest BCUT2D eigenvalue weighted by molar-refractivity contribution is 7.09. The van der Waals surface area contributed by atoms with Crippen LogP contribution in [0.4, 0.5) is 0 Å².